The highest BCUT2D eigenvalue weighted by Gasteiger charge is 2.31. The van der Waals surface area contributed by atoms with Gasteiger partial charge in [0.05, 0.1) is 0 Å². The minimum Gasteiger partial charge on any atom is -0.444 e. The minimum atomic E-state index is -0.499. The van der Waals surface area contributed by atoms with Crippen LogP contribution in [0.15, 0.2) is 33.8 Å². The lowest BCUT2D eigenvalue weighted by molar-refractivity contribution is 0.000539. The highest BCUT2D eigenvalue weighted by atomic mass is 16.6. The Labute approximate surface area is 207 Å². The van der Waals surface area contributed by atoms with E-state index in [1.165, 1.54) is 11.8 Å². The lowest BCUT2D eigenvalue weighted by Gasteiger charge is -2.40. The number of nitrogens with zero attached hydrogens (tertiary/aromatic N) is 5. The van der Waals surface area contributed by atoms with Crippen molar-refractivity contribution in [3.8, 4) is 0 Å². The molecule has 1 aliphatic heterocycles. The van der Waals surface area contributed by atoms with Crippen LogP contribution in [0, 0.1) is 13.8 Å². The molecule has 3 N–H and O–H groups in total. The number of nitrogens with one attached hydrogen (secondary N) is 1. The molecule has 1 atom stereocenters. The number of aliphatic imine (C=N–C) groups is 1. The molecular formula is C25H37N7O3. The molecule has 35 heavy (non-hydrogen) atoms. The topological polar surface area (TPSA) is 122 Å². The second-order valence-corrected chi connectivity index (χ2v) is 9.86. The maximum Gasteiger partial charge on any atom is 0.410 e. The molecule has 0 aliphatic carbocycles. The van der Waals surface area contributed by atoms with Gasteiger partial charge >= 0.3 is 12.1 Å². The number of ether oxygens (including phenoxy) is 1. The first-order chi connectivity index (χ1) is 16.5. The van der Waals surface area contributed by atoms with Crippen molar-refractivity contribution < 1.29 is 13.9 Å². The Bertz CT molecular complexity index is 1100. The summed E-state index contributed by atoms with van der Waals surface area (Å²) in [4.78, 5) is 20.8. The quantitative estimate of drug-likeness (QED) is 0.596. The SMILES string of the molecule is CN=C(C=CN)c1nnc(Nc2cc(C)cc(CN3CCN(C(=O)OC(C)(C)C)[C@@H](C)C3)c2C)o1. The summed E-state index contributed by atoms with van der Waals surface area (Å²) in [7, 11) is 1.64. The van der Waals surface area contributed by atoms with Crippen molar-refractivity contribution >= 4 is 23.5 Å². The van der Waals surface area contributed by atoms with Crippen molar-refractivity contribution in [2.24, 2.45) is 10.7 Å². The van der Waals surface area contributed by atoms with Gasteiger partial charge in [-0.3, -0.25) is 9.89 Å². The van der Waals surface area contributed by atoms with E-state index in [4.69, 9.17) is 14.9 Å². The van der Waals surface area contributed by atoms with E-state index < -0.39 is 5.60 Å². The number of nitrogens with two attached hydrogens (primary N) is 1. The number of amides is 1. The van der Waals surface area contributed by atoms with E-state index in [-0.39, 0.29) is 18.1 Å². The van der Waals surface area contributed by atoms with Gasteiger partial charge in [-0.15, -0.1) is 5.10 Å². The van der Waals surface area contributed by atoms with Crippen molar-refractivity contribution in [3.05, 3.63) is 47.0 Å². The number of hydrogen-bond donors (Lipinski definition) is 2. The Morgan fingerprint density at radius 2 is 2.06 bits per heavy atom. The highest BCUT2D eigenvalue weighted by Crippen LogP contribution is 2.27. The summed E-state index contributed by atoms with van der Waals surface area (Å²) < 4.78 is 11.3. The number of piperazine rings is 1. The number of allylic oxidation sites excluding steroid dienone is 1. The monoisotopic (exact) mass is 483 g/mol. The standard InChI is InChI=1S/C25H37N7O3/c1-16-12-19(15-31-10-11-32(17(2)14-31)24(33)35-25(4,5)6)18(3)21(13-16)28-23-30-29-22(34-23)20(27-7)8-9-26/h8-9,12-13,17H,10-11,14-15,26H2,1-7H3,(H,28,30)/t17-/m0/s1. The zero-order chi connectivity index (χ0) is 25.8. The van der Waals surface area contributed by atoms with E-state index in [1.54, 1.807) is 13.1 Å². The number of aryl methyl sites for hydroxylation is 1. The van der Waals surface area contributed by atoms with E-state index in [9.17, 15) is 4.79 Å². The first-order valence-electron chi connectivity index (χ1n) is 11.8. The highest BCUT2D eigenvalue weighted by molar-refractivity contribution is 6.05. The van der Waals surface area contributed by atoms with E-state index in [0.717, 1.165) is 36.4 Å². The average molecular weight is 484 g/mol. The molecule has 1 amide bonds. The van der Waals surface area contributed by atoms with Crippen LogP contribution in [-0.4, -0.2) is 70.1 Å². The summed E-state index contributed by atoms with van der Waals surface area (Å²) in [5.74, 6) is 0.291. The second-order valence-electron chi connectivity index (χ2n) is 9.86. The predicted molar refractivity (Wildman–Crippen MR) is 137 cm³/mol. The van der Waals surface area contributed by atoms with Crippen LogP contribution < -0.4 is 11.1 Å². The Morgan fingerprint density at radius 3 is 2.69 bits per heavy atom. The van der Waals surface area contributed by atoms with E-state index in [0.29, 0.717) is 18.1 Å². The van der Waals surface area contributed by atoms with Gasteiger partial charge in [-0.2, -0.15) is 0 Å². The molecule has 0 radical (unpaired) electrons. The van der Waals surface area contributed by atoms with Crippen molar-refractivity contribution in [2.75, 3.05) is 32.0 Å². The van der Waals surface area contributed by atoms with Crippen LogP contribution in [0.2, 0.25) is 0 Å². The Kier molecular flexibility index (Phi) is 8.16. The van der Waals surface area contributed by atoms with Crippen molar-refractivity contribution in [3.63, 3.8) is 0 Å². The molecule has 2 aromatic rings. The van der Waals surface area contributed by atoms with Gasteiger partial charge in [0, 0.05) is 45.0 Å². The summed E-state index contributed by atoms with van der Waals surface area (Å²) in [5, 5.41) is 11.4. The Hall–Kier alpha value is -3.40. The number of aromatic nitrogens is 2. The molecule has 10 nitrogen and oxygen atoms in total. The van der Waals surface area contributed by atoms with E-state index in [2.05, 4.69) is 58.3 Å². The molecule has 190 valence electrons. The van der Waals surface area contributed by atoms with Crippen molar-refractivity contribution in [2.45, 2.75) is 59.7 Å². The molecule has 1 saturated heterocycles. The summed E-state index contributed by atoms with van der Waals surface area (Å²) >= 11 is 0. The first-order valence-corrected chi connectivity index (χ1v) is 11.8. The number of carbonyl (C=O) groups is 1. The molecule has 1 aromatic carbocycles. The lowest BCUT2D eigenvalue weighted by atomic mass is 10.0. The second kappa shape index (κ2) is 10.9. The fourth-order valence-corrected chi connectivity index (χ4v) is 4.06. The molecule has 0 saturated carbocycles. The van der Waals surface area contributed by atoms with Crippen LogP contribution in [0.4, 0.5) is 16.5 Å². The maximum atomic E-state index is 12.5. The molecule has 0 spiro atoms. The molecule has 1 aromatic heterocycles. The van der Waals surface area contributed by atoms with Gasteiger partial charge in [0.1, 0.15) is 11.3 Å². The van der Waals surface area contributed by atoms with E-state index >= 15 is 0 Å². The number of benzene rings is 1. The first kappa shape index (κ1) is 26.2. The zero-order valence-corrected chi connectivity index (χ0v) is 21.8. The lowest BCUT2D eigenvalue weighted by Crippen LogP contribution is -2.54. The van der Waals surface area contributed by atoms with Crippen LogP contribution in [-0.2, 0) is 11.3 Å². The molecule has 3 rings (SSSR count). The normalized spacial score (nSPS) is 17.7. The van der Waals surface area contributed by atoms with Gasteiger partial charge in [-0.05, 0) is 76.6 Å². The largest absolute Gasteiger partial charge is 0.444 e. The van der Waals surface area contributed by atoms with Crippen LogP contribution in [0.5, 0.6) is 0 Å². The summed E-state index contributed by atoms with van der Waals surface area (Å²) in [6, 6.07) is 4.60. The van der Waals surface area contributed by atoms with Gasteiger partial charge in [0.25, 0.3) is 5.89 Å². The summed E-state index contributed by atoms with van der Waals surface area (Å²) in [6.45, 7) is 14.8. The number of rotatable bonds is 6. The van der Waals surface area contributed by atoms with Gasteiger partial charge in [0.15, 0.2) is 0 Å². The molecule has 1 aliphatic rings. The van der Waals surface area contributed by atoms with Crippen molar-refractivity contribution in [1.82, 2.24) is 20.0 Å². The third kappa shape index (κ3) is 6.82. The van der Waals surface area contributed by atoms with Gasteiger partial charge in [-0.25, -0.2) is 4.79 Å². The third-order valence-electron chi connectivity index (χ3n) is 5.77. The minimum absolute atomic E-state index is 0.0649. The van der Waals surface area contributed by atoms with Gasteiger partial charge in [0.2, 0.25) is 0 Å². The smallest absolute Gasteiger partial charge is 0.410 e. The van der Waals surface area contributed by atoms with Crippen LogP contribution in [0.3, 0.4) is 0 Å². The van der Waals surface area contributed by atoms with E-state index in [1.807, 2.05) is 25.7 Å². The molecular weight excluding hydrogens is 446 g/mol. The van der Waals surface area contributed by atoms with Gasteiger partial charge in [-0.1, -0.05) is 11.2 Å². The van der Waals surface area contributed by atoms with Crippen molar-refractivity contribution in [1.29, 1.82) is 0 Å². The fourth-order valence-electron chi connectivity index (χ4n) is 4.06. The third-order valence-corrected chi connectivity index (χ3v) is 5.77. The van der Waals surface area contributed by atoms with Gasteiger partial charge < -0.3 is 25.1 Å². The van der Waals surface area contributed by atoms with Crippen LogP contribution in [0.25, 0.3) is 0 Å². The summed E-state index contributed by atoms with van der Waals surface area (Å²) in [6.07, 6.45) is 2.74. The predicted octanol–water partition coefficient (Wildman–Crippen LogP) is 3.76. The molecule has 1 fully saturated rings. The number of anilines is 2. The maximum absolute atomic E-state index is 12.5. The van der Waals surface area contributed by atoms with Crippen LogP contribution >= 0.6 is 0 Å². The molecule has 0 bridgehead atoms. The molecule has 10 heteroatoms. The fraction of sp³-hybridized carbons (Fsp3) is 0.520. The molecule has 2 heterocycles. The Balaban J connectivity index is 1.70. The average Bonchev–Trinajstić information content (AvgIpc) is 3.22. The number of carbonyl (C=O) groups excluding carboxylic acids is 1. The molecule has 0 unspecified atom stereocenters. The Morgan fingerprint density at radius 1 is 1.31 bits per heavy atom. The zero-order valence-electron chi connectivity index (χ0n) is 21.8. The number of hydrogen-bond acceptors (Lipinski definition) is 9. The summed E-state index contributed by atoms with van der Waals surface area (Å²) in [5.41, 5.74) is 9.80. The van der Waals surface area contributed by atoms with Crippen LogP contribution in [0.1, 0.15) is 50.3 Å².